The number of carboxylic acid groups (broad SMARTS) is 2. The summed E-state index contributed by atoms with van der Waals surface area (Å²) in [6, 6.07) is 5.35. The highest BCUT2D eigenvalue weighted by Gasteiger charge is 2.65. The van der Waals surface area contributed by atoms with Crippen LogP contribution in [-0.4, -0.2) is 66.0 Å². The summed E-state index contributed by atoms with van der Waals surface area (Å²) < 4.78 is 0. The van der Waals surface area contributed by atoms with Crippen molar-refractivity contribution in [2.24, 2.45) is 46.3 Å². The van der Waals surface area contributed by atoms with Gasteiger partial charge in [-0.1, -0.05) is 50.0 Å². The van der Waals surface area contributed by atoms with E-state index in [4.69, 9.17) is 23.2 Å². The van der Waals surface area contributed by atoms with Gasteiger partial charge in [0.25, 0.3) is 0 Å². The average molecular weight is 732 g/mol. The highest BCUT2D eigenvalue weighted by atomic mass is 35.5. The maximum atomic E-state index is 12.0. The number of phenols is 2. The second-order valence-electron chi connectivity index (χ2n) is 16.0. The summed E-state index contributed by atoms with van der Waals surface area (Å²) in [5.74, 6) is -2.86. The Morgan fingerprint density at radius 2 is 1.44 bits per heavy atom. The third-order valence-corrected chi connectivity index (χ3v) is 14.3. The summed E-state index contributed by atoms with van der Waals surface area (Å²) in [6.07, 6.45) is 7.36. The molecule has 9 nitrogen and oxygen atoms in total. The minimum atomic E-state index is -1.39. The van der Waals surface area contributed by atoms with E-state index in [0.29, 0.717) is 48.8 Å². The molecule has 0 spiro atoms. The highest BCUT2D eigenvalue weighted by Crippen LogP contribution is 2.68. The lowest BCUT2D eigenvalue weighted by molar-refractivity contribution is -0.207. The van der Waals surface area contributed by atoms with E-state index in [1.165, 1.54) is 24.3 Å². The molecule has 4 aliphatic rings. The molecular formula is C39H48Cl2O9. The third-order valence-electron chi connectivity index (χ3n) is 13.7. The molecule has 11 heteroatoms. The molecule has 0 saturated heterocycles. The molecule has 0 amide bonds. The maximum Gasteiger partial charge on any atom is 0.339 e. The van der Waals surface area contributed by atoms with Crippen molar-refractivity contribution < 1.29 is 45.3 Å². The van der Waals surface area contributed by atoms with E-state index in [-0.39, 0.29) is 62.5 Å². The second kappa shape index (κ2) is 13.6. The Kier molecular flexibility index (Phi) is 10.1. The number of carbonyl (C=O) groups is 2. The van der Waals surface area contributed by atoms with Gasteiger partial charge in [-0.25, -0.2) is 9.59 Å². The summed E-state index contributed by atoms with van der Waals surface area (Å²) in [7, 11) is 0. The Hall–Kier alpha value is -2.82. The third kappa shape index (κ3) is 6.11. The lowest BCUT2D eigenvalue weighted by Gasteiger charge is -2.63. The predicted molar refractivity (Wildman–Crippen MR) is 190 cm³/mol. The van der Waals surface area contributed by atoms with Crippen LogP contribution in [0.15, 0.2) is 30.3 Å². The molecule has 11 atom stereocenters. The molecule has 0 aromatic heterocycles. The Morgan fingerprint density at radius 3 is 2.00 bits per heavy atom. The number of fused-ring (bicyclic) bond motifs is 5. The lowest BCUT2D eigenvalue weighted by Crippen LogP contribution is -2.62. The van der Waals surface area contributed by atoms with Gasteiger partial charge in [-0.05, 0) is 145 Å². The number of hydrogen-bond acceptors (Lipinski definition) is 7. The number of benzene rings is 2. The topological polar surface area (TPSA) is 176 Å². The van der Waals surface area contributed by atoms with Crippen molar-refractivity contribution in [3.63, 3.8) is 0 Å². The Labute approximate surface area is 302 Å². The normalized spacial score (nSPS) is 35.4. The van der Waals surface area contributed by atoms with Crippen LogP contribution in [-0.2, 0) is 0 Å². The maximum absolute atomic E-state index is 12.0. The standard InChI is InChI=1S/C39H48Cl2O9/c1-18(26-7-8-27-33-28(17-32(44)39(26,27)3)38(2)10-9-22(42)15-21(38)16-31(33)43)5-4-6-23(19-11-24(36(47)48)34(45)29(40)13-19)20-12-25(37(49)50)35(46)30(41)14-20/h6,11-14,18,21-22,26-28,31-33,42-46H,4-5,7-10,15-17H2,1-3H3,(H,47,48)(H,49,50)/t18?,21-,22+,26+,27?,28?,31+,32-,33?,38-,39+/m0/s1. The molecular weight excluding hydrogens is 683 g/mol. The molecule has 50 heavy (non-hydrogen) atoms. The first-order valence-corrected chi connectivity index (χ1v) is 18.5. The second-order valence-corrected chi connectivity index (χ2v) is 16.8. The molecule has 2 aromatic carbocycles. The van der Waals surface area contributed by atoms with Gasteiger partial charge in [0.1, 0.15) is 22.6 Å². The van der Waals surface area contributed by atoms with Gasteiger partial charge in [-0.2, -0.15) is 0 Å². The number of halogens is 2. The highest BCUT2D eigenvalue weighted by molar-refractivity contribution is 6.33. The van der Waals surface area contributed by atoms with Gasteiger partial charge >= 0.3 is 11.9 Å². The largest absolute Gasteiger partial charge is 0.505 e. The van der Waals surface area contributed by atoms with Crippen molar-refractivity contribution in [2.75, 3.05) is 0 Å². The molecule has 0 aliphatic heterocycles. The predicted octanol–water partition coefficient (Wildman–Crippen LogP) is 7.61. The van der Waals surface area contributed by atoms with E-state index < -0.39 is 46.8 Å². The van der Waals surface area contributed by atoms with E-state index in [1.54, 1.807) is 0 Å². The summed E-state index contributed by atoms with van der Waals surface area (Å²) >= 11 is 12.5. The van der Waals surface area contributed by atoms with Crippen molar-refractivity contribution in [2.45, 2.75) is 96.9 Å². The van der Waals surface area contributed by atoms with Crippen LogP contribution in [0.25, 0.3) is 5.57 Å². The van der Waals surface area contributed by atoms with E-state index in [0.717, 1.165) is 25.7 Å². The van der Waals surface area contributed by atoms with Crippen molar-refractivity contribution in [3.8, 4) is 11.5 Å². The Bertz CT molecular complexity index is 1640. The zero-order valence-electron chi connectivity index (χ0n) is 28.6. The fourth-order valence-corrected chi connectivity index (χ4v) is 11.5. The van der Waals surface area contributed by atoms with Crippen molar-refractivity contribution in [1.82, 2.24) is 0 Å². The van der Waals surface area contributed by atoms with E-state index in [1.807, 2.05) is 6.08 Å². The smallest absolute Gasteiger partial charge is 0.339 e. The summed E-state index contributed by atoms with van der Waals surface area (Å²) in [6.45, 7) is 6.71. The minimum Gasteiger partial charge on any atom is -0.505 e. The number of rotatable bonds is 8. The van der Waals surface area contributed by atoms with Crippen LogP contribution < -0.4 is 0 Å². The molecule has 4 unspecified atom stereocenters. The van der Waals surface area contributed by atoms with Gasteiger partial charge in [0.05, 0.1) is 28.4 Å². The Morgan fingerprint density at radius 1 is 0.860 bits per heavy atom. The van der Waals surface area contributed by atoms with Crippen LogP contribution in [0, 0.1) is 46.3 Å². The van der Waals surface area contributed by atoms with Crippen LogP contribution in [0.5, 0.6) is 11.5 Å². The Balaban J connectivity index is 1.29. The fraction of sp³-hybridized carbons (Fsp3) is 0.590. The van der Waals surface area contributed by atoms with Crippen LogP contribution >= 0.6 is 23.2 Å². The van der Waals surface area contributed by atoms with Crippen LogP contribution in [0.2, 0.25) is 10.0 Å². The fourth-order valence-electron chi connectivity index (χ4n) is 11.1. The lowest BCUT2D eigenvalue weighted by atomic mass is 9.43. The van der Waals surface area contributed by atoms with Gasteiger partial charge in [-0.15, -0.1) is 0 Å². The molecule has 2 aromatic rings. The van der Waals surface area contributed by atoms with E-state index in [9.17, 15) is 45.3 Å². The summed E-state index contributed by atoms with van der Waals surface area (Å²) in [4.78, 5) is 23.9. The van der Waals surface area contributed by atoms with Gasteiger partial charge in [-0.3, -0.25) is 0 Å². The van der Waals surface area contributed by atoms with Crippen molar-refractivity contribution >= 4 is 40.7 Å². The number of hydrogen-bond donors (Lipinski definition) is 7. The number of aromatic hydroxyl groups is 2. The monoisotopic (exact) mass is 730 g/mol. The van der Waals surface area contributed by atoms with Crippen LogP contribution in [0.3, 0.4) is 0 Å². The van der Waals surface area contributed by atoms with Crippen molar-refractivity contribution in [1.29, 1.82) is 0 Å². The summed E-state index contributed by atoms with van der Waals surface area (Å²) in [5, 5.41) is 73.7. The minimum absolute atomic E-state index is 0.00834. The molecule has 4 saturated carbocycles. The van der Waals surface area contributed by atoms with Gasteiger partial charge in [0, 0.05) is 0 Å². The van der Waals surface area contributed by atoms with Gasteiger partial charge in [0.15, 0.2) is 0 Å². The quantitative estimate of drug-likeness (QED) is 0.144. The number of carboxylic acids is 2. The molecule has 0 heterocycles. The molecule has 0 radical (unpaired) electrons. The molecule has 4 aliphatic carbocycles. The average Bonchev–Trinajstić information content (AvgIpc) is 3.41. The number of aromatic carboxylic acids is 2. The molecule has 6 rings (SSSR count). The molecule has 0 bridgehead atoms. The zero-order valence-corrected chi connectivity index (χ0v) is 30.2. The molecule has 7 N–H and O–H groups in total. The summed E-state index contributed by atoms with van der Waals surface area (Å²) in [5.41, 5.74) is -0.137. The molecule has 4 fully saturated rings. The number of aliphatic hydroxyl groups is 3. The van der Waals surface area contributed by atoms with E-state index >= 15 is 0 Å². The van der Waals surface area contributed by atoms with E-state index in [2.05, 4.69) is 20.8 Å². The zero-order chi connectivity index (χ0) is 36.4. The first-order chi connectivity index (χ1) is 23.5. The number of allylic oxidation sites excluding steroid dienone is 1. The molecule has 272 valence electrons. The van der Waals surface area contributed by atoms with Crippen LogP contribution in [0.4, 0.5) is 0 Å². The first kappa shape index (κ1) is 37.0. The first-order valence-electron chi connectivity index (χ1n) is 17.8. The van der Waals surface area contributed by atoms with Crippen LogP contribution in [0.1, 0.15) is 110 Å². The SMILES string of the molecule is CC(CCC=C(c1cc(Cl)c(O)c(C(=O)O)c1)c1cc(Cl)c(O)c(C(=O)O)c1)[C@H]1CCC2C3C(C[C@H](O)[C@@]21C)[C@@]1(C)CC[C@@H](O)C[C@H]1C[C@H]3O. The van der Waals surface area contributed by atoms with Crippen molar-refractivity contribution in [3.05, 3.63) is 62.6 Å². The van der Waals surface area contributed by atoms with Gasteiger partial charge in [0.2, 0.25) is 0 Å². The van der Waals surface area contributed by atoms with Gasteiger partial charge < -0.3 is 35.7 Å². The number of aliphatic hydroxyl groups excluding tert-OH is 3.